The molecule has 2 aromatic rings. The molecule has 1 aromatic heterocycles. The lowest BCUT2D eigenvalue weighted by Gasteiger charge is -2.31. The van der Waals surface area contributed by atoms with Gasteiger partial charge in [-0.15, -0.1) is 0 Å². The summed E-state index contributed by atoms with van der Waals surface area (Å²) in [4.78, 5) is 2.49. The largest absolute Gasteiger partial charge is 0.356 e. The molecule has 1 saturated heterocycles. The van der Waals surface area contributed by atoms with Gasteiger partial charge in [0.2, 0.25) is 0 Å². The highest BCUT2D eigenvalue weighted by Gasteiger charge is 2.25. The topological polar surface area (TPSA) is 41.3 Å². The van der Waals surface area contributed by atoms with Crippen LogP contribution in [0.5, 0.6) is 0 Å². The molecule has 22 heavy (non-hydrogen) atoms. The number of likely N-dealkylation sites (tertiary alicyclic amines) is 1. The van der Waals surface area contributed by atoms with E-state index < -0.39 is 0 Å². The Kier molecular flexibility index (Phi) is 4.74. The summed E-state index contributed by atoms with van der Waals surface area (Å²) in [7, 11) is 0. The van der Waals surface area contributed by atoms with Gasteiger partial charge in [-0.1, -0.05) is 12.1 Å². The molecule has 0 atom stereocenters. The van der Waals surface area contributed by atoms with Crippen molar-refractivity contribution in [3.63, 3.8) is 0 Å². The Morgan fingerprint density at radius 2 is 2.14 bits per heavy atom. The van der Waals surface area contributed by atoms with E-state index in [1.165, 1.54) is 6.07 Å². The van der Waals surface area contributed by atoms with Gasteiger partial charge in [0.05, 0.1) is 5.69 Å². The zero-order valence-corrected chi connectivity index (χ0v) is 13.4. The fraction of sp³-hybridized carbons (Fsp3) is 0.588. The van der Waals surface area contributed by atoms with Crippen LogP contribution in [0, 0.1) is 12.7 Å². The summed E-state index contributed by atoms with van der Waals surface area (Å²) in [5.41, 5.74) is 2.22. The predicted molar refractivity (Wildman–Crippen MR) is 85.7 cm³/mol. The lowest BCUT2D eigenvalue weighted by Crippen LogP contribution is -2.37. The van der Waals surface area contributed by atoms with Crippen molar-refractivity contribution in [2.24, 2.45) is 0 Å². The van der Waals surface area contributed by atoms with Gasteiger partial charge in [-0.2, -0.15) is 0 Å². The van der Waals surface area contributed by atoms with Gasteiger partial charge in [-0.25, -0.2) is 4.39 Å². The Hall–Kier alpha value is -1.46. The second-order valence-corrected chi connectivity index (χ2v) is 6.13. The van der Waals surface area contributed by atoms with E-state index >= 15 is 0 Å². The maximum atomic E-state index is 13.6. The SMILES string of the molecule is CCNCCN1CCC(c2noc3cc(F)c(C)cc23)CC1. The van der Waals surface area contributed by atoms with Crippen LogP contribution in [0.3, 0.4) is 0 Å². The highest BCUT2D eigenvalue weighted by Crippen LogP contribution is 2.33. The maximum absolute atomic E-state index is 13.6. The van der Waals surface area contributed by atoms with E-state index in [9.17, 15) is 4.39 Å². The third-order valence-electron chi connectivity index (χ3n) is 4.61. The van der Waals surface area contributed by atoms with E-state index in [-0.39, 0.29) is 5.82 Å². The van der Waals surface area contributed by atoms with Crippen LogP contribution in [-0.2, 0) is 0 Å². The number of rotatable bonds is 5. The monoisotopic (exact) mass is 305 g/mol. The number of fused-ring (bicyclic) bond motifs is 1. The first-order valence-corrected chi connectivity index (χ1v) is 8.17. The first kappa shape index (κ1) is 15.4. The van der Waals surface area contributed by atoms with Crippen LogP contribution < -0.4 is 5.32 Å². The van der Waals surface area contributed by atoms with Crippen molar-refractivity contribution in [3.05, 3.63) is 29.2 Å². The minimum Gasteiger partial charge on any atom is -0.356 e. The molecule has 1 aliphatic rings. The number of nitrogens with one attached hydrogen (secondary N) is 1. The third-order valence-corrected chi connectivity index (χ3v) is 4.61. The average Bonchev–Trinajstić information content (AvgIpc) is 2.91. The molecule has 1 N–H and O–H groups in total. The number of hydrogen-bond donors (Lipinski definition) is 1. The number of aromatic nitrogens is 1. The number of likely N-dealkylation sites (N-methyl/N-ethyl adjacent to an activating group) is 1. The van der Waals surface area contributed by atoms with Gasteiger partial charge >= 0.3 is 0 Å². The van der Waals surface area contributed by atoms with Gasteiger partial charge in [0.1, 0.15) is 5.82 Å². The normalized spacial score (nSPS) is 17.4. The molecule has 0 bridgehead atoms. The standard InChI is InChI=1S/C17H24FN3O/c1-3-19-6-9-21-7-4-13(5-8-21)17-14-10-12(2)15(18)11-16(14)22-20-17/h10-11,13,19H,3-9H2,1-2H3. The zero-order chi connectivity index (χ0) is 15.5. The molecule has 0 spiro atoms. The van der Waals surface area contributed by atoms with Crippen molar-refractivity contribution < 1.29 is 8.91 Å². The summed E-state index contributed by atoms with van der Waals surface area (Å²) < 4.78 is 18.9. The molecule has 0 radical (unpaired) electrons. The molecule has 5 heteroatoms. The first-order valence-electron chi connectivity index (χ1n) is 8.17. The Morgan fingerprint density at radius 1 is 1.36 bits per heavy atom. The summed E-state index contributed by atoms with van der Waals surface area (Å²) in [6, 6.07) is 3.32. The summed E-state index contributed by atoms with van der Waals surface area (Å²) in [6.07, 6.45) is 2.17. The molecule has 120 valence electrons. The molecule has 0 aliphatic carbocycles. The van der Waals surface area contributed by atoms with E-state index in [4.69, 9.17) is 4.52 Å². The summed E-state index contributed by atoms with van der Waals surface area (Å²) >= 11 is 0. The third kappa shape index (κ3) is 3.15. The molecular weight excluding hydrogens is 281 g/mol. The predicted octanol–water partition coefficient (Wildman–Crippen LogP) is 3.06. The quantitative estimate of drug-likeness (QED) is 0.862. The van der Waals surface area contributed by atoms with Gasteiger partial charge in [-0.3, -0.25) is 0 Å². The van der Waals surface area contributed by atoms with Crippen LogP contribution in [-0.4, -0.2) is 42.8 Å². The van der Waals surface area contributed by atoms with Crippen molar-refractivity contribution in [1.82, 2.24) is 15.4 Å². The van der Waals surface area contributed by atoms with Gasteiger partial charge in [0.25, 0.3) is 0 Å². The van der Waals surface area contributed by atoms with Crippen LogP contribution in [0.4, 0.5) is 4.39 Å². The van der Waals surface area contributed by atoms with Crippen molar-refractivity contribution in [2.45, 2.75) is 32.6 Å². The van der Waals surface area contributed by atoms with E-state index in [0.717, 1.165) is 56.6 Å². The fourth-order valence-corrected chi connectivity index (χ4v) is 3.22. The van der Waals surface area contributed by atoms with Crippen LogP contribution in [0.25, 0.3) is 11.0 Å². The summed E-state index contributed by atoms with van der Waals surface area (Å²) in [5, 5.41) is 8.57. The molecule has 3 rings (SSSR count). The second kappa shape index (κ2) is 6.75. The number of nitrogens with zero attached hydrogens (tertiary/aromatic N) is 2. The van der Waals surface area contributed by atoms with E-state index in [2.05, 4.69) is 22.3 Å². The van der Waals surface area contributed by atoms with Crippen LogP contribution in [0.1, 0.15) is 36.9 Å². The number of aryl methyl sites for hydroxylation is 1. The molecule has 1 aliphatic heterocycles. The van der Waals surface area contributed by atoms with Gasteiger partial charge < -0.3 is 14.7 Å². The Morgan fingerprint density at radius 3 is 2.86 bits per heavy atom. The zero-order valence-electron chi connectivity index (χ0n) is 13.4. The molecule has 4 nitrogen and oxygen atoms in total. The Balaban J connectivity index is 1.67. The van der Waals surface area contributed by atoms with Crippen molar-refractivity contribution in [2.75, 3.05) is 32.7 Å². The fourth-order valence-electron chi connectivity index (χ4n) is 3.22. The number of piperidine rings is 1. The molecule has 1 aromatic carbocycles. The summed E-state index contributed by atoms with van der Waals surface area (Å²) in [6.45, 7) is 9.27. The van der Waals surface area contributed by atoms with Crippen molar-refractivity contribution >= 4 is 11.0 Å². The van der Waals surface area contributed by atoms with Crippen LogP contribution >= 0.6 is 0 Å². The molecule has 2 heterocycles. The number of benzene rings is 1. The molecule has 1 fully saturated rings. The van der Waals surface area contributed by atoms with Gasteiger partial charge in [0.15, 0.2) is 5.58 Å². The summed E-state index contributed by atoms with van der Waals surface area (Å²) in [5.74, 6) is 0.190. The van der Waals surface area contributed by atoms with E-state index in [1.807, 2.05) is 6.07 Å². The average molecular weight is 305 g/mol. The first-order chi connectivity index (χ1) is 10.7. The minimum absolute atomic E-state index is 0.228. The molecular formula is C17H24FN3O. The lowest BCUT2D eigenvalue weighted by atomic mass is 9.91. The number of halogens is 1. The van der Waals surface area contributed by atoms with E-state index in [0.29, 0.717) is 17.1 Å². The van der Waals surface area contributed by atoms with Crippen LogP contribution in [0.2, 0.25) is 0 Å². The number of hydrogen-bond acceptors (Lipinski definition) is 4. The maximum Gasteiger partial charge on any atom is 0.170 e. The van der Waals surface area contributed by atoms with Crippen molar-refractivity contribution in [3.8, 4) is 0 Å². The van der Waals surface area contributed by atoms with Crippen molar-refractivity contribution in [1.29, 1.82) is 0 Å². The second-order valence-electron chi connectivity index (χ2n) is 6.13. The molecule has 0 amide bonds. The minimum atomic E-state index is -0.228. The van der Waals surface area contributed by atoms with E-state index in [1.54, 1.807) is 6.92 Å². The lowest BCUT2D eigenvalue weighted by molar-refractivity contribution is 0.210. The smallest absolute Gasteiger partial charge is 0.170 e. The molecule has 0 saturated carbocycles. The highest BCUT2D eigenvalue weighted by atomic mass is 19.1. The highest BCUT2D eigenvalue weighted by molar-refractivity contribution is 5.80. The van der Waals surface area contributed by atoms with Crippen LogP contribution in [0.15, 0.2) is 16.7 Å². The Labute approximate surface area is 130 Å². The van der Waals surface area contributed by atoms with Gasteiger partial charge in [0, 0.05) is 30.5 Å². The Bertz CT molecular complexity index is 632. The van der Waals surface area contributed by atoms with Gasteiger partial charge in [-0.05, 0) is 51.0 Å². The molecule has 0 unspecified atom stereocenters.